The highest BCUT2D eigenvalue weighted by Crippen LogP contribution is 2.28. The largest absolute Gasteiger partial charge is 0.493 e. The molecule has 0 aliphatic carbocycles. The third kappa shape index (κ3) is 6.21. The number of nitrogens with one attached hydrogen (secondary N) is 1. The maximum atomic E-state index is 5.80. The predicted molar refractivity (Wildman–Crippen MR) is 118 cm³/mol. The van der Waals surface area contributed by atoms with Crippen LogP contribution in [0.1, 0.15) is 18.1 Å². The number of methoxy groups -OCH3 is 1. The Balaban J connectivity index is 1.51. The van der Waals surface area contributed by atoms with Crippen LogP contribution in [0.2, 0.25) is 0 Å². The molecule has 6 nitrogen and oxygen atoms in total. The lowest BCUT2D eigenvalue weighted by Crippen LogP contribution is -2.44. The monoisotopic (exact) mass is 396 g/mol. The highest BCUT2D eigenvalue weighted by molar-refractivity contribution is 5.43. The number of piperazine rings is 1. The second kappa shape index (κ2) is 10.3. The lowest BCUT2D eigenvalue weighted by molar-refractivity contribution is 0.312. The SMILES string of the molecule is C=C(C)COc1cc(CNCc2ccc(N3CCN(C)CC3)nc2)ccc1OC. The van der Waals surface area contributed by atoms with Gasteiger partial charge in [0.15, 0.2) is 11.5 Å². The van der Waals surface area contributed by atoms with Crippen LogP contribution in [0.5, 0.6) is 11.5 Å². The third-order valence-corrected chi connectivity index (χ3v) is 5.00. The number of rotatable bonds is 9. The van der Waals surface area contributed by atoms with Gasteiger partial charge in [-0.3, -0.25) is 0 Å². The summed E-state index contributed by atoms with van der Waals surface area (Å²) in [4.78, 5) is 9.35. The van der Waals surface area contributed by atoms with Crippen molar-refractivity contribution in [3.63, 3.8) is 0 Å². The fourth-order valence-electron chi connectivity index (χ4n) is 3.24. The van der Waals surface area contributed by atoms with Crippen LogP contribution >= 0.6 is 0 Å². The summed E-state index contributed by atoms with van der Waals surface area (Å²) in [6.07, 6.45) is 1.97. The van der Waals surface area contributed by atoms with E-state index in [0.29, 0.717) is 6.61 Å². The van der Waals surface area contributed by atoms with Crippen LogP contribution in [0.3, 0.4) is 0 Å². The average molecular weight is 397 g/mol. The van der Waals surface area contributed by atoms with Crippen molar-refractivity contribution in [1.29, 1.82) is 0 Å². The van der Waals surface area contributed by atoms with E-state index in [-0.39, 0.29) is 0 Å². The second-order valence-corrected chi connectivity index (χ2v) is 7.65. The number of benzene rings is 1. The Labute approximate surface area is 174 Å². The van der Waals surface area contributed by atoms with Crippen molar-refractivity contribution in [2.45, 2.75) is 20.0 Å². The molecule has 0 amide bonds. The summed E-state index contributed by atoms with van der Waals surface area (Å²) in [7, 11) is 3.82. The molecular weight excluding hydrogens is 364 g/mol. The Morgan fingerprint density at radius 3 is 2.45 bits per heavy atom. The van der Waals surface area contributed by atoms with Gasteiger partial charge in [-0.05, 0) is 48.9 Å². The molecule has 156 valence electrons. The molecule has 0 saturated carbocycles. The first-order valence-corrected chi connectivity index (χ1v) is 10.1. The number of likely N-dealkylation sites (N-methyl/N-ethyl adjacent to an activating group) is 1. The van der Waals surface area contributed by atoms with E-state index in [1.54, 1.807) is 7.11 Å². The minimum absolute atomic E-state index is 0.485. The lowest BCUT2D eigenvalue weighted by Gasteiger charge is -2.33. The van der Waals surface area contributed by atoms with E-state index in [9.17, 15) is 0 Å². The molecule has 1 aliphatic rings. The molecule has 1 aromatic heterocycles. The molecule has 3 rings (SSSR count). The predicted octanol–water partition coefficient (Wildman–Crippen LogP) is 3.09. The Hall–Kier alpha value is -2.57. The van der Waals surface area contributed by atoms with E-state index in [1.165, 1.54) is 5.56 Å². The minimum atomic E-state index is 0.485. The summed E-state index contributed by atoms with van der Waals surface area (Å²) in [5, 5.41) is 3.48. The van der Waals surface area contributed by atoms with Crippen LogP contribution in [0.4, 0.5) is 5.82 Å². The van der Waals surface area contributed by atoms with Crippen molar-refractivity contribution >= 4 is 5.82 Å². The number of hydrogen-bond donors (Lipinski definition) is 1. The van der Waals surface area contributed by atoms with Gasteiger partial charge in [0.2, 0.25) is 0 Å². The van der Waals surface area contributed by atoms with Crippen LogP contribution in [0.25, 0.3) is 0 Å². The average Bonchev–Trinajstić information content (AvgIpc) is 2.73. The van der Waals surface area contributed by atoms with Gasteiger partial charge >= 0.3 is 0 Å². The standard InChI is InChI=1S/C23H32N4O2/c1-18(2)17-29-22-13-19(5-7-21(22)28-4)14-24-15-20-6-8-23(25-16-20)27-11-9-26(3)10-12-27/h5-8,13,16,24H,1,9-12,14-15,17H2,2-4H3. The van der Waals surface area contributed by atoms with Gasteiger partial charge in [0.1, 0.15) is 12.4 Å². The number of pyridine rings is 1. The first kappa shape index (κ1) is 21.1. The zero-order chi connectivity index (χ0) is 20.6. The summed E-state index contributed by atoms with van der Waals surface area (Å²) in [5.74, 6) is 2.54. The molecule has 0 radical (unpaired) electrons. The van der Waals surface area contributed by atoms with Gasteiger partial charge in [-0.15, -0.1) is 0 Å². The van der Waals surface area contributed by atoms with Gasteiger partial charge in [0.25, 0.3) is 0 Å². The second-order valence-electron chi connectivity index (χ2n) is 7.65. The normalized spacial score (nSPS) is 14.7. The van der Waals surface area contributed by atoms with Crippen molar-refractivity contribution in [2.75, 3.05) is 51.8 Å². The van der Waals surface area contributed by atoms with Gasteiger partial charge < -0.3 is 24.6 Å². The molecule has 2 heterocycles. The van der Waals surface area contributed by atoms with E-state index in [4.69, 9.17) is 9.47 Å². The molecule has 1 aliphatic heterocycles. The number of ether oxygens (including phenoxy) is 2. The van der Waals surface area contributed by atoms with Crippen LogP contribution in [0.15, 0.2) is 48.7 Å². The lowest BCUT2D eigenvalue weighted by atomic mass is 10.2. The van der Waals surface area contributed by atoms with E-state index in [0.717, 1.165) is 67.7 Å². The first-order chi connectivity index (χ1) is 14.0. The molecule has 0 atom stereocenters. The first-order valence-electron chi connectivity index (χ1n) is 10.1. The van der Waals surface area contributed by atoms with E-state index in [2.05, 4.69) is 45.9 Å². The van der Waals surface area contributed by atoms with Crippen molar-refractivity contribution in [2.24, 2.45) is 0 Å². The Morgan fingerprint density at radius 2 is 1.79 bits per heavy atom. The molecule has 29 heavy (non-hydrogen) atoms. The van der Waals surface area contributed by atoms with Crippen LogP contribution < -0.4 is 19.7 Å². The summed E-state index contributed by atoms with van der Waals surface area (Å²) in [6, 6.07) is 10.3. The van der Waals surface area contributed by atoms with Crippen molar-refractivity contribution < 1.29 is 9.47 Å². The summed E-state index contributed by atoms with van der Waals surface area (Å²) < 4.78 is 11.2. The van der Waals surface area contributed by atoms with Crippen molar-refractivity contribution in [3.05, 3.63) is 59.8 Å². The smallest absolute Gasteiger partial charge is 0.161 e. The van der Waals surface area contributed by atoms with E-state index >= 15 is 0 Å². The number of nitrogens with zero attached hydrogens (tertiary/aromatic N) is 3. The summed E-state index contributed by atoms with van der Waals surface area (Å²) in [5.41, 5.74) is 3.29. The molecular formula is C23H32N4O2. The highest BCUT2D eigenvalue weighted by atomic mass is 16.5. The van der Waals surface area contributed by atoms with Gasteiger partial charge in [0, 0.05) is 45.5 Å². The Bertz CT molecular complexity index is 799. The Kier molecular flexibility index (Phi) is 7.49. The maximum Gasteiger partial charge on any atom is 0.161 e. The fourth-order valence-corrected chi connectivity index (χ4v) is 3.24. The van der Waals surface area contributed by atoms with Gasteiger partial charge in [-0.25, -0.2) is 4.98 Å². The molecule has 0 spiro atoms. The zero-order valence-electron chi connectivity index (χ0n) is 17.8. The van der Waals surface area contributed by atoms with Gasteiger partial charge in [0.05, 0.1) is 7.11 Å². The van der Waals surface area contributed by atoms with Crippen molar-refractivity contribution in [3.8, 4) is 11.5 Å². The third-order valence-electron chi connectivity index (χ3n) is 5.00. The highest BCUT2D eigenvalue weighted by Gasteiger charge is 2.14. The molecule has 1 saturated heterocycles. The molecule has 1 fully saturated rings. The van der Waals surface area contributed by atoms with Gasteiger partial charge in [-0.2, -0.15) is 0 Å². The van der Waals surface area contributed by atoms with E-state index in [1.807, 2.05) is 31.3 Å². The summed E-state index contributed by atoms with van der Waals surface area (Å²) >= 11 is 0. The summed E-state index contributed by atoms with van der Waals surface area (Å²) in [6.45, 7) is 12.1. The molecule has 2 aromatic rings. The topological polar surface area (TPSA) is 49.9 Å². The van der Waals surface area contributed by atoms with Crippen LogP contribution in [0, 0.1) is 0 Å². The maximum absolute atomic E-state index is 5.80. The molecule has 0 bridgehead atoms. The fraction of sp³-hybridized carbons (Fsp3) is 0.435. The molecule has 6 heteroatoms. The molecule has 1 N–H and O–H groups in total. The number of aromatic nitrogens is 1. The number of hydrogen-bond acceptors (Lipinski definition) is 6. The van der Waals surface area contributed by atoms with Crippen LogP contribution in [-0.4, -0.2) is 56.8 Å². The minimum Gasteiger partial charge on any atom is -0.493 e. The number of anilines is 1. The van der Waals surface area contributed by atoms with Crippen molar-refractivity contribution in [1.82, 2.24) is 15.2 Å². The Morgan fingerprint density at radius 1 is 1.07 bits per heavy atom. The quantitative estimate of drug-likeness (QED) is 0.658. The molecule has 0 unspecified atom stereocenters. The van der Waals surface area contributed by atoms with Gasteiger partial charge in [-0.1, -0.05) is 18.7 Å². The zero-order valence-corrected chi connectivity index (χ0v) is 17.8. The van der Waals surface area contributed by atoms with E-state index < -0.39 is 0 Å². The van der Waals surface area contributed by atoms with Crippen LogP contribution in [-0.2, 0) is 13.1 Å². The molecule has 1 aromatic carbocycles.